The molecule has 0 heterocycles. The summed E-state index contributed by atoms with van der Waals surface area (Å²) in [7, 11) is 0. The molecule has 1 nitrogen and oxygen atoms in total. The van der Waals surface area contributed by atoms with E-state index in [0.29, 0.717) is 5.41 Å². The third-order valence-electron chi connectivity index (χ3n) is 2.56. The van der Waals surface area contributed by atoms with Crippen molar-refractivity contribution in [3.05, 3.63) is 11.6 Å². The molecule has 1 heteroatoms. The quantitative estimate of drug-likeness (QED) is 0.503. The highest BCUT2D eigenvalue weighted by Gasteiger charge is 2.21. The van der Waals surface area contributed by atoms with E-state index in [9.17, 15) is 0 Å². The summed E-state index contributed by atoms with van der Waals surface area (Å²) < 4.78 is 0. The molecule has 0 amide bonds. The van der Waals surface area contributed by atoms with Gasteiger partial charge in [-0.25, -0.2) is 0 Å². The van der Waals surface area contributed by atoms with Gasteiger partial charge < -0.3 is 0 Å². The normalized spacial score (nSPS) is 24.5. The molecule has 0 aromatic carbocycles. The minimum atomic E-state index is 0.274. The summed E-state index contributed by atoms with van der Waals surface area (Å²) >= 11 is 0. The Kier molecular flexibility index (Phi) is 2.57. The molecule has 0 aromatic rings. The molecule has 66 valence electrons. The van der Waals surface area contributed by atoms with Gasteiger partial charge in [-0.2, -0.15) is 5.26 Å². The van der Waals surface area contributed by atoms with E-state index in [1.165, 1.54) is 5.57 Å². The smallest absolute Gasteiger partial charge is 0.0659 e. The summed E-state index contributed by atoms with van der Waals surface area (Å²) in [5.41, 5.74) is 1.83. The van der Waals surface area contributed by atoms with E-state index in [2.05, 4.69) is 32.9 Å². The van der Waals surface area contributed by atoms with Crippen LogP contribution in [0.1, 0.15) is 40.0 Å². The van der Waals surface area contributed by atoms with E-state index < -0.39 is 0 Å². The van der Waals surface area contributed by atoms with Crippen molar-refractivity contribution in [2.24, 2.45) is 11.3 Å². The first-order chi connectivity index (χ1) is 5.54. The maximum atomic E-state index is 8.70. The van der Waals surface area contributed by atoms with E-state index in [1.807, 2.05) is 0 Å². The molecule has 1 rings (SSSR count). The fourth-order valence-corrected chi connectivity index (χ4v) is 1.63. The fourth-order valence-electron chi connectivity index (χ4n) is 1.63. The largest absolute Gasteiger partial charge is 0.198 e. The summed E-state index contributed by atoms with van der Waals surface area (Å²) in [5.74, 6) is 0.274. The van der Waals surface area contributed by atoms with Gasteiger partial charge in [0.25, 0.3) is 0 Å². The van der Waals surface area contributed by atoms with Crippen LogP contribution >= 0.6 is 0 Å². The van der Waals surface area contributed by atoms with Crippen molar-refractivity contribution >= 4 is 0 Å². The maximum absolute atomic E-state index is 8.70. The topological polar surface area (TPSA) is 23.8 Å². The Morgan fingerprint density at radius 3 is 2.50 bits per heavy atom. The summed E-state index contributed by atoms with van der Waals surface area (Å²) in [5, 5.41) is 8.70. The lowest BCUT2D eigenvalue weighted by atomic mass is 9.78. The summed E-state index contributed by atoms with van der Waals surface area (Å²) in [4.78, 5) is 0. The lowest BCUT2D eigenvalue weighted by Gasteiger charge is -2.27. The third kappa shape index (κ3) is 2.11. The van der Waals surface area contributed by atoms with Crippen LogP contribution in [-0.2, 0) is 0 Å². The minimum absolute atomic E-state index is 0.274. The van der Waals surface area contributed by atoms with E-state index in [4.69, 9.17) is 5.26 Å². The van der Waals surface area contributed by atoms with E-state index in [0.717, 1.165) is 19.3 Å². The Bertz CT molecular complexity index is 224. The predicted octanol–water partition coefficient (Wildman–Crippen LogP) is 3.28. The Morgan fingerprint density at radius 2 is 2.17 bits per heavy atom. The Balaban J connectivity index is 2.64. The van der Waals surface area contributed by atoms with Crippen LogP contribution in [-0.4, -0.2) is 0 Å². The molecule has 1 unspecified atom stereocenters. The number of nitrogens with zero attached hydrogens (tertiary/aromatic N) is 1. The highest BCUT2D eigenvalue weighted by molar-refractivity contribution is 5.15. The number of nitriles is 1. The van der Waals surface area contributed by atoms with E-state index in [-0.39, 0.29) is 5.92 Å². The first-order valence-corrected chi connectivity index (χ1v) is 4.63. The van der Waals surface area contributed by atoms with Crippen molar-refractivity contribution < 1.29 is 0 Å². The van der Waals surface area contributed by atoms with Crippen LogP contribution in [0.4, 0.5) is 0 Å². The second-order valence-electron chi connectivity index (χ2n) is 4.58. The Morgan fingerprint density at radius 1 is 1.50 bits per heavy atom. The van der Waals surface area contributed by atoms with Crippen molar-refractivity contribution in [1.29, 1.82) is 5.26 Å². The average molecular weight is 163 g/mol. The van der Waals surface area contributed by atoms with Gasteiger partial charge in [0.2, 0.25) is 0 Å². The van der Waals surface area contributed by atoms with Gasteiger partial charge in [-0.3, -0.25) is 0 Å². The van der Waals surface area contributed by atoms with Crippen molar-refractivity contribution in [1.82, 2.24) is 0 Å². The first kappa shape index (κ1) is 9.32. The van der Waals surface area contributed by atoms with Gasteiger partial charge in [-0.05, 0) is 24.7 Å². The molecule has 0 aliphatic heterocycles. The predicted molar refractivity (Wildman–Crippen MR) is 50.5 cm³/mol. The molecule has 0 saturated carbocycles. The zero-order chi connectivity index (χ0) is 9.19. The van der Waals surface area contributed by atoms with Crippen molar-refractivity contribution in [3.63, 3.8) is 0 Å². The molecule has 0 N–H and O–H groups in total. The number of hydrogen-bond acceptors (Lipinski definition) is 1. The standard InChI is InChI=1S/C11H17N/c1-11(2,3)10-6-4-9(8-12)5-7-10/h6,9H,4-5,7H2,1-3H3. The molecule has 0 bridgehead atoms. The molecular weight excluding hydrogens is 146 g/mol. The third-order valence-corrected chi connectivity index (χ3v) is 2.56. The van der Waals surface area contributed by atoms with Crippen molar-refractivity contribution in [2.75, 3.05) is 0 Å². The zero-order valence-electron chi connectivity index (χ0n) is 8.22. The molecule has 1 aliphatic carbocycles. The summed E-state index contributed by atoms with van der Waals surface area (Å²) in [6, 6.07) is 2.33. The number of hydrogen-bond donors (Lipinski definition) is 0. The van der Waals surface area contributed by atoms with Crippen LogP contribution < -0.4 is 0 Å². The molecule has 0 aromatic heterocycles. The van der Waals surface area contributed by atoms with Gasteiger partial charge in [0.15, 0.2) is 0 Å². The minimum Gasteiger partial charge on any atom is -0.198 e. The lowest BCUT2D eigenvalue weighted by Crippen LogP contribution is -2.14. The van der Waals surface area contributed by atoms with Crippen molar-refractivity contribution in [3.8, 4) is 6.07 Å². The molecule has 1 atom stereocenters. The molecule has 0 spiro atoms. The average Bonchev–Trinajstić information content (AvgIpc) is 2.03. The van der Waals surface area contributed by atoms with Gasteiger partial charge >= 0.3 is 0 Å². The van der Waals surface area contributed by atoms with Crippen LogP contribution in [0, 0.1) is 22.7 Å². The van der Waals surface area contributed by atoms with Gasteiger partial charge in [0, 0.05) is 0 Å². The zero-order valence-corrected chi connectivity index (χ0v) is 8.22. The van der Waals surface area contributed by atoms with E-state index in [1.54, 1.807) is 0 Å². The molecular formula is C11H17N. The van der Waals surface area contributed by atoms with Gasteiger partial charge in [0.1, 0.15) is 0 Å². The summed E-state index contributed by atoms with van der Waals surface area (Å²) in [6.45, 7) is 6.72. The van der Waals surface area contributed by atoms with Crippen LogP contribution in [0.2, 0.25) is 0 Å². The lowest BCUT2D eigenvalue weighted by molar-refractivity contribution is 0.439. The van der Waals surface area contributed by atoms with Crippen LogP contribution in [0.5, 0.6) is 0 Å². The Labute approximate surface area is 75.1 Å². The highest BCUT2D eigenvalue weighted by atomic mass is 14.3. The van der Waals surface area contributed by atoms with Crippen LogP contribution in [0.3, 0.4) is 0 Å². The monoisotopic (exact) mass is 163 g/mol. The molecule has 0 radical (unpaired) electrons. The molecule has 0 saturated heterocycles. The maximum Gasteiger partial charge on any atom is 0.0659 e. The molecule has 12 heavy (non-hydrogen) atoms. The van der Waals surface area contributed by atoms with E-state index >= 15 is 0 Å². The second kappa shape index (κ2) is 3.31. The SMILES string of the molecule is CC(C)(C)C1=CCC(C#N)CC1. The van der Waals surface area contributed by atoms with Crippen LogP contribution in [0.15, 0.2) is 11.6 Å². The van der Waals surface area contributed by atoms with Crippen molar-refractivity contribution in [2.45, 2.75) is 40.0 Å². The Hall–Kier alpha value is -0.770. The van der Waals surface area contributed by atoms with Crippen LogP contribution in [0.25, 0.3) is 0 Å². The number of allylic oxidation sites excluding steroid dienone is 2. The number of rotatable bonds is 0. The fraction of sp³-hybridized carbons (Fsp3) is 0.727. The highest BCUT2D eigenvalue weighted by Crippen LogP contribution is 2.34. The second-order valence-corrected chi connectivity index (χ2v) is 4.58. The summed E-state index contributed by atoms with van der Waals surface area (Å²) in [6.07, 6.45) is 5.39. The molecule has 0 fully saturated rings. The van der Waals surface area contributed by atoms with Gasteiger partial charge in [-0.1, -0.05) is 32.4 Å². The van der Waals surface area contributed by atoms with Gasteiger partial charge in [0.05, 0.1) is 12.0 Å². The first-order valence-electron chi connectivity index (χ1n) is 4.63. The molecule has 1 aliphatic rings. The van der Waals surface area contributed by atoms with Gasteiger partial charge in [-0.15, -0.1) is 0 Å².